The van der Waals surface area contributed by atoms with Gasteiger partial charge in [-0.1, -0.05) is 13.8 Å². The van der Waals surface area contributed by atoms with Crippen molar-refractivity contribution in [2.24, 2.45) is 0 Å². The van der Waals surface area contributed by atoms with E-state index in [9.17, 15) is 0 Å². The summed E-state index contributed by atoms with van der Waals surface area (Å²) in [4.78, 5) is 0. The van der Waals surface area contributed by atoms with Crippen LogP contribution < -0.4 is 5.73 Å². The van der Waals surface area contributed by atoms with E-state index in [1.807, 2.05) is 0 Å². The number of benzene rings is 1. The molecule has 0 spiro atoms. The van der Waals surface area contributed by atoms with E-state index in [1.54, 1.807) is 11.1 Å². The Bertz CT molecular complexity index is 349. The molecule has 1 aliphatic carbocycles. The number of anilines is 1. The molecule has 0 fully saturated rings. The highest BCUT2D eigenvalue weighted by molar-refractivity contribution is 5.58. The highest BCUT2D eigenvalue weighted by Crippen LogP contribution is 2.32. The number of nitrogen functional groups attached to an aromatic ring is 1. The molecule has 14 heavy (non-hydrogen) atoms. The third-order valence-corrected chi connectivity index (χ3v) is 3.37. The van der Waals surface area contributed by atoms with Crippen LogP contribution in [-0.4, -0.2) is 0 Å². The standard InChI is InChI=1S/C13H19N/c1-3-10-11(4-2)13(14)8-9-6-5-7-12(9)10/h8H,3-7,14H2,1-2H3. The van der Waals surface area contributed by atoms with Gasteiger partial charge in [-0.05, 0) is 60.4 Å². The molecule has 0 bridgehead atoms. The van der Waals surface area contributed by atoms with Gasteiger partial charge in [0.1, 0.15) is 0 Å². The summed E-state index contributed by atoms with van der Waals surface area (Å²) in [6.07, 6.45) is 6.02. The van der Waals surface area contributed by atoms with Gasteiger partial charge in [-0.2, -0.15) is 0 Å². The summed E-state index contributed by atoms with van der Waals surface area (Å²) in [5.41, 5.74) is 13.2. The van der Waals surface area contributed by atoms with Crippen LogP contribution in [0.5, 0.6) is 0 Å². The maximum absolute atomic E-state index is 6.08. The van der Waals surface area contributed by atoms with E-state index in [2.05, 4.69) is 19.9 Å². The summed E-state index contributed by atoms with van der Waals surface area (Å²) < 4.78 is 0. The van der Waals surface area contributed by atoms with Crippen LogP contribution in [0.15, 0.2) is 6.07 Å². The van der Waals surface area contributed by atoms with E-state index in [-0.39, 0.29) is 0 Å². The SMILES string of the molecule is CCc1c(N)cc2c(c1CC)CCC2. The molecule has 0 saturated heterocycles. The van der Waals surface area contributed by atoms with E-state index in [4.69, 9.17) is 5.73 Å². The zero-order chi connectivity index (χ0) is 10.1. The Morgan fingerprint density at radius 3 is 2.50 bits per heavy atom. The summed E-state index contributed by atoms with van der Waals surface area (Å²) in [5.74, 6) is 0. The van der Waals surface area contributed by atoms with Crippen molar-refractivity contribution < 1.29 is 0 Å². The topological polar surface area (TPSA) is 26.0 Å². The van der Waals surface area contributed by atoms with Crippen molar-refractivity contribution in [3.05, 3.63) is 28.3 Å². The third-order valence-electron chi connectivity index (χ3n) is 3.37. The fraction of sp³-hybridized carbons (Fsp3) is 0.538. The van der Waals surface area contributed by atoms with E-state index >= 15 is 0 Å². The van der Waals surface area contributed by atoms with Gasteiger partial charge in [0.05, 0.1) is 0 Å². The van der Waals surface area contributed by atoms with Gasteiger partial charge in [0.25, 0.3) is 0 Å². The van der Waals surface area contributed by atoms with E-state index in [0.29, 0.717) is 0 Å². The summed E-state index contributed by atoms with van der Waals surface area (Å²) in [6.45, 7) is 4.44. The molecule has 1 aliphatic rings. The maximum Gasteiger partial charge on any atom is 0.0352 e. The Labute approximate surface area is 86.3 Å². The molecule has 1 aromatic carbocycles. The van der Waals surface area contributed by atoms with Crippen molar-refractivity contribution in [1.82, 2.24) is 0 Å². The minimum absolute atomic E-state index is 1.02. The van der Waals surface area contributed by atoms with Gasteiger partial charge < -0.3 is 5.73 Å². The first-order chi connectivity index (χ1) is 6.77. The number of hydrogen-bond acceptors (Lipinski definition) is 1. The molecule has 76 valence electrons. The Morgan fingerprint density at radius 1 is 1.14 bits per heavy atom. The monoisotopic (exact) mass is 189 g/mol. The van der Waals surface area contributed by atoms with Crippen molar-refractivity contribution in [3.63, 3.8) is 0 Å². The molecule has 1 nitrogen and oxygen atoms in total. The summed E-state index contributed by atoms with van der Waals surface area (Å²) in [5, 5.41) is 0. The smallest absolute Gasteiger partial charge is 0.0352 e. The number of hydrogen-bond donors (Lipinski definition) is 1. The van der Waals surface area contributed by atoms with Crippen molar-refractivity contribution in [3.8, 4) is 0 Å². The molecule has 0 saturated carbocycles. The average Bonchev–Trinajstić information content (AvgIpc) is 2.62. The second-order valence-electron chi connectivity index (χ2n) is 4.12. The second kappa shape index (κ2) is 3.64. The Balaban J connectivity index is 2.62. The van der Waals surface area contributed by atoms with Crippen molar-refractivity contribution in [2.75, 3.05) is 5.73 Å². The molecule has 0 atom stereocenters. The van der Waals surface area contributed by atoms with Crippen LogP contribution in [0.25, 0.3) is 0 Å². The average molecular weight is 189 g/mol. The molecule has 1 aromatic rings. The Kier molecular flexibility index (Phi) is 2.49. The predicted octanol–water partition coefficient (Wildman–Crippen LogP) is 2.88. The summed E-state index contributed by atoms with van der Waals surface area (Å²) in [7, 11) is 0. The first kappa shape index (κ1) is 9.57. The van der Waals surface area contributed by atoms with Crippen LogP contribution in [0.4, 0.5) is 5.69 Å². The molecule has 0 amide bonds. The van der Waals surface area contributed by atoms with Crippen LogP contribution in [0, 0.1) is 0 Å². The van der Waals surface area contributed by atoms with Gasteiger partial charge in [-0.15, -0.1) is 0 Å². The molecule has 0 radical (unpaired) electrons. The summed E-state index contributed by atoms with van der Waals surface area (Å²) >= 11 is 0. The number of nitrogens with two attached hydrogens (primary N) is 1. The molecular formula is C13H19N. The van der Waals surface area contributed by atoms with E-state index < -0.39 is 0 Å². The van der Waals surface area contributed by atoms with Crippen molar-refractivity contribution in [1.29, 1.82) is 0 Å². The van der Waals surface area contributed by atoms with Gasteiger partial charge in [0, 0.05) is 5.69 Å². The van der Waals surface area contributed by atoms with Gasteiger partial charge in [0.2, 0.25) is 0 Å². The normalized spacial score (nSPS) is 14.4. The lowest BCUT2D eigenvalue weighted by molar-refractivity contribution is 0.902. The van der Waals surface area contributed by atoms with Gasteiger partial charge in [0.15, 0.2) is 0 Å². The first-order valence-electron chi connectivity index (χ1n) is 5.69. The number of aryl methyl sites for hydroxylation is 1. The minimum Gasteiger partial charge on any atom is -0.398 e. The molecule has 1 heteroatoms. The van der Waals surface area contributed by atoms with Crippen molar-refractivity contribution >= 4 is 5.69 Å². The zero-order valence-electron chi connectivity index (χ0n) is 9.19. The maximum atomic E-state index is 6.08. The van der Waals surface area contributed by atoms with Gasteiger partial charge in [-0.3, -0.25) is 0 Å². The van der Waals surface area contributed by atoms with Gasteiger partial charge in [-0.25, -0.2) is 0 Å². The largest absolute Gasteiger partial charge is 0.398 e. The molecule has 2 rings (SSSR count). The Hall–Kier alpha value is -0.980. The highest BCUT2D eigenvalue weighted by Gasteiger charge is 2.18. The molecule has 0 aromatic heterocycles. The van der Waals surface area contributed by atoms with Crippen LogP contribution in [0.1, 0.15) is 42.5 Å². The molecule has 0 heterocycles. The fourth-order valence-corrected chi connectivity index (χ4v) is 2.75. The number of rotatable bonds is 2. The quantitative estimate of drug-likeness (QED) is 0.711. The molecular weight excluding hydrogens is 170 g/mol. The first-order valence-corrected chi connectivity index (χ1v) is 5.69. The highest BCUT2D eigenvalue weighted by atomic mass is 14.6. The Morgan fingerprint density at radius 2 is 1.86 bits per heavy atom. The molecule has 0 unspecified atom stereocenters. The van der Waals surface area contributed by atoms with Crippen LogP contribution in [0.3, 0.4) is 0 Å². The second-order valence-corrected chi connectivity index (χ2v) is 4.12. The van der Waals surface area contributed by atoms with Crippen LogP contribution >= 0.6 is 0 Å². The lowest BCUT2D eigenvalue weighted by Gasteiger charge is -2.14. The van der Waals surface area contributed by atoms with E-state index in [1.165, 1.54) is 30.4 Å². The lowest BCUT2D eigenvalue weighted by Crippen LogP contribution is -2.03. The van der Waals surface area contributed by atoms with E-state index in [0.717, 1.165) is 18.5 Å². The predicted molar refractivity (Wildman–Crippen MR) is 61.6 cm³/mol. The number of fused-ring (bicyclic) bond motifs is 1. The van der Waals surface area contributed by atoms with Crippen LogP contribution in [0.2, 0.25) is 0 Å². The third kappa shape index (κ3) is 1.31. The molecule has 0 aliphatic heterocycles. The van der Waals surface area contributed by atoms with Gasteiger partial charge >= 0.3 is 0 Å². The minimum atomic E-state index is 1.02. The fourth-order valence-electron chi connectivity index (χ4n) is 2.75. The van der Waals surface area contributed by atoms with Crippen LogP contribution in [-0.2, 0) is 25.7 Å². The molecule has 2 N–H and O–H groups in total. The van der Waals surface area contributed by atoms with Crippen molar-refractivity contribution in [2.45, 2.75) is 46.0 Å². The summed E-state index contributed by atoms with van der Waals surface area (Å²) in [6, 6.07) is 2.21. The zero-order valence-corrected chi connectivity index (χ0v) is 9.19. The lowest BCUT2D eigenvalue weighted by atomic mass is 9.93.